The lowest BCUT2D eigenvalue weighted by Crippen LogP contribution is -2.14. The maximum absolute atomic E-state index is 5.44. The van der Waals surface area contributed by atoms with E-state index in [1.807, 2.05) is 0 Å². The average Bonchev–Trinajstić information content (AvgIpc) is 2.60. The number of halogens is 1. The second-order valence-electron chi connectivity index (χ2n) is 3.38. The molecule has 1 atom stereocenters. The summed E-state index contributed by atoms with van der Waals surface area (Å²) in [5, 5.41) is 0. The topological polar surface area (TPSA) is 9.23 Å². The maximum atomic E-state index is 5.44. The van der Waals surface area contributed by atoms with Crippen LogP contribution in [0.15, 0.2) is 18.2 Å². The first-order valence-corrected chi connectivity index (χ1v) is 9.17. The van der Waals surface area contributed by atoms with Crippen LogP contribution in [0.2, 0.25) is 0 Å². The Labute approximate surface area is 94.5 Å². The van der Waals surface area contributed by atoms with Crippen molar-refractivity contribution < 1.29 is 4.74 Å². The summed E-state index contributed by atoms with van der Waals surface area (Å²) >= 11 is 3.45. The van der Waals surface area contributed by atoms with E-state index >= 15 is 0 Å². The average molecular weight is 251 g/mol. The highest BCUT2D eigenvalue weighted by molar-refractivity contribution is 9.23. The number of methoxy groups -OCH3 is 1. The highest BCUT2D eigenvalue weighted by Gasteiger charge is 2.23. The quantitative estimate of drug-likeness (QED) is 0.730. The first-order valence-electron chi connectivity index (χ1n) is 4.56. The summed E-state index contributed by atoms with van der Waals surface area (Å²) in [5.41, 5.74) is 2.98. The summed E-state index contributed by atoms with van der Waals surface area (Å²) in [4.78, 5) is 0. The van der Waals surface area contributed by atoms with Crippen molar-refractivity contribution in [3.8, 4) is 0 Å². The molecule has 1 aromatic rings. The lowest BCUT2D eigenvalue weighted by atomic mass is 10.1. The van der Waals surface area contributed by atoms with Gasteiger partial charge in [-0.25, -0.2) is 0 Å². The standard InChI is InChI=1S/C10H11O.BrH.Mg/c1-11-10-7-6-8-4-2-3-5-9(8)10;;/h2-3,5,10H,6-7H2,1H3;1H;/q;;+1/p-1. The number of benzene rings is 1. The van der Waals surface area contributed by atoms with Crippen molar-refractivity contribution in [3.05, 3.63) is 29.3 Å². The van der Waals surface area contributed by atoms with Gasteiger partial charge in [0.05, 0.1) is 6.10 Å². The van der Waals surface area contributed by atoms with E-state index < -0.39 is 0 Å². The predicted octanol–water partition coefficient (Wildman–Crippen LogP) is 1.96. The van der Waals surface area contributed by atoms with Crippen molar-refractivity contribution in [1.29, 1.82) is 0 Å². The molecule has 1 aliphatic carbocycles. The molecule has 0 N–H and O–H groups in total. The van der Waals surface area contributed by atoms with Crippen LogP contribution >= 0.6 is 12.9 Å². The van der Waals surface area contributed by atoms with Crippen LogP contribution in [0.1, 0.15) is 23.7 Å². The van der Waals surface area contributed by atoms with Crippen LogP contribution in [0.5, 0.6) is 0 Å². The number of hydrogen-bond donors (Lipinski definition) is 0. The molecule has 2 rings (SSSR count). The lowest BCUT2D eigenvalue weighted by Gasteiger charge is -2.10. The van der Waals surface area contributed by atoms with Gasteiger partial charge in [0.25, 0.3) is 0 Å². The molecule has 13 heavy (non-hydrogen) atoms. The molecule has 1 aliphatic rings. The molecule has 0 aliphatic heterocycles. The Morgan fingerprint density at radius 2 is 2.38 bits per heavy atom. The summed E-state index contributed by atoms with van der Waals surface area (Å²) < 4.78 is 6.99. The molecule has 0 aromatic heterocycles. The van der Waals surface area contributed by atoms with E-state index in [9.17, 15) is 0 Å². The first-order chi connectivity index (χ1) is 6.36. The Balaban J connectivity index is 2.43. The minimum atomic E-state index is -0.203. The third kappa shape index (κ3) is 1.80. The highest BCUT2D eigenvalue weighted by Crippen LogP contribution is 2.32. The van der Waals surface area contributed by atoms with Crippen molar-refractivity contribution in [2.45, 2.75) is 18.9 Å². The van der Waals surface area contributed by atoms with Crippen molar-refractivity contribution in [2.75, 3.05) is 7.11 Å². The molecular formula is C10H11BrMgO. The normalized spacial score (nSPS) is 19.7. The van der Waals surface area contributed by atoms with Crippen LogP contribution in [-0.4, -0.2) is 25.3 Å². The van der Waals surface area contributed by atoms with E-state index in [1.165, 1.54) is 12.0 Å². The van der Waals surface area contributed by atoms with Crippen LogP contribution < -0.4 is 3.69 Å². The van der Waals surface area contributed by atoms with E-state index in [2.05, 4.69) is 31.1 Å². The molecule has 0 spiro atoms. The van der Waals surface area contributed by atoms with E-state index in [-0.39, 0.29) is 18.2 Å². The maximum Gasteiger partial charge on any atom is 0.507 e. The minimum Gasteiger partial charge on any atom is -0.377 e. The van der Waals surface area contributed by atoms with Crippen molar-refractivity contribution in [2.24, 2.45) is 0 Å². The highest BCUT2D eigenvalue weighted by atomic mass is 79.9. The van der Waals surface area contributed by atoms with Gasteiger partial charge in [0.2, 0.25) is 0 Å². The van der Waals surface area contributed by atoms with Crippen LogP contribution in [0, 0.1) is 0 Å². The molecule has 1 nitrogen and oxygen atoms in total. The van der Waals surface area contributed by atoms with E-state index in [4.69, 9.17) is 4.74 Å². The SMILES string of the molecule is COC1CCc2[c]([Mg][Br])cccc21. The van der Waals surface area contributed by atoms with Gasteiger partial charge in [-0.15, -0.1) is 3.69 Å². The van der Waals surface area contributed by atoms with Gasteiger partial charge < -0.3 is 4.74 Å². The van der Waals surface area contributed by atoms with Crippen molar-refractivity contribution in [1.82, 2.24) is 0 Å². The van der Waals surface area contributed by atoms with Gasteiger partial charge in [-0.2, -0.15) is 0 Å². The van der Waals surface area contributed by atoms with Gasteiger partial charge in [-0.3, -0.25) is 12.9 Å². The van der Waals surface area contributed by atoms with Gasteiger partial charge >= 0.3 is 18.2 Å². The number of hydrogen-bond acceptors (Lipinski definition) is 1. The third-order valence-electron chi connectivity index (χ3n) is 2.74. The van der Waals surface area contributed by atoms with Gasteiger partial charge in [0.1, 0.15) is 0 Å². The van der Waals surface area contributed by atoms with Gasteiger partial charge in [0, 0.05) is 7.11 Å². The smallest absolute Gasteiger partial charge is 0.377 e. The fourth-order valence-corrected chi connectivity index (χ4v) is 4.41. The molecule has 0 radical (unpaired) electrons. The monoisotopic (exact) mass is 250 g/mol. The second kappa shape index (κ2) is 4.30. The van der Waals surface area contributed by atoms with Crippen LogP contribution in [0.3, 0.4) is 0 Å². The first kappa shape index (κ1) is 9.96. The van der Waals surface area contributed by atoms with Crippen LogP contribution in [-0.2, 0) is 11.2 Å². The molecule has 0 fully saturated rings. The summed E-state index contributed by atoms with van der Waals surface area (Å²) in [5.74, 6) is 0. The van der Waals surface area contributed by atoms with E-state index in [0.29, 0.717) is 6.10 Å². The van der Waals surface area contributed by atoms with Crippen molar-refractivity contribution >= 4 is 34.8 Å². The summed E-state index contributed by atoms with van der Waals surface area (Å²) in [6.45, 7) is 0. The Morgan fingerprint density at radius 3 is 3.08 bits per heavy atom. The van der Waals surface area contributed by atoms with Crippen molar-refractivity contribution in [3.63, 3.8) is 0 Å². The zero-order valence-corrected chi connectivity index (χ0v) is 10.7. The molecule has 0 amide bonds. The predicted molar refractivity (Wildman–Crippen MR) is 58.8 cm³/mol. The largest absolute Gasteiger partial charge is 0.507 e. The molecule has 0 bridgehead atoms. The third-order valence-corrected chi connectivity index (χ3v) is 5.50. The number of fused-ring (bicyclic) bond motifs is 1. The lowest BCUT2D eigenvalue weighted by molar-refractivity contribution is 0.105. The Hall–Kier alpha value is 0.426. The minimum absolute atomic E-state index is 0.203. The molecule has 3 heteroatoms. The molecule has 66 valence electrons. The van der Waals surface area contributed by atoms with Gasteiger partial charge in [-0.1, -0.05) is 23.8 Å². The molecule has 0 saturated heterocycles. The molecule has 1 aromatic carbocycles. The zero-order chi connectivity index (χ0) is 9.26. The van der Waals surface area contributed by atoms with Crippen LogP contribution in [0.25, 0.3) is 0 Å². The van der Waals surface area contributed by atoms with E-state index in [1.54, 1.807) is 16.4 Å². The molecular weight excluding hydrogens is 240 g/mol. The van der Waals surface area contributed by atoms with Gasteiger partial charge in [0.15, 0.2) is 0 Å². The number of ether oxygens (including phenoxy) is 1. The summed E-state index contributed by atoms with van der Waals surface area (Å²) in [6.07, 6.45) is 2.70. The van der Waals surface area contributed by atoms with Gasteiger partial charge in [-0.05, 0) is 18.4 Å². The fraction of sp³-hybridized carbons (Fsp3) is 0.400. The molecule has 0 saturated carbocycles. The summed E-state index contributed by atoms with van der Waals surface area (Å²) in [6, 6.07) is 6.61. The molecule has 1 unspecified atom stereocenters. The summed E-state index contributed by atoms with van der Waals surface area (Å²) in [7, 11) is 1.80. The van der Waals surface area contributed by atoms with E-state index in [0.717, 1.165) is 6.42 Å². The molecule has 0 heterocycles. The fourth-order valence-electron chi connectivity index (χ4n) is 2.06. The number of rotatable bonds is 2. The Kier molecular flexibility index (Phi) is 3.29. The van der Waals surface area contributed by atoms with Crippen LogP contribution in [0.4, 0.5) is 0 Å². The Morgan fingerprint density at radius 1 is 1.54 bits per heavy atom. The second-order valence-corrected chi connectivity index (χ2v) is 6.09. The zero-order valence-electron chi connectivity index (χ0n) is 7.72. The Bertz CT molecular complexity index is 314.